The fourth-order valence-corrected chi connectivity index (χ4v) is 1.89. The Morgan fingerprint density at radius 1 is 1.50 bits per heavy atom. The molecule has 96 valence electrons. The van der Waals surface area contributed by atoms with E-state index in [4.69, 9.17) is 5.26 Å². The molecule has 0 saturated heterocycles. The van der Waals surface area contributed by atoms with Crippen molar-refractivity contribution in [1.29, 1.82) is 5.26 Å². The number of hydrogen-bond acceptors (Lipinski definition) is 4. The van der Waals surface area contributed by atoms with Gasteiger partial charge in [-0.1, -0.05) is 25.1 Å². The quantitative estimate of drug-likeness (QED) is 0.619. The number of para-hydroxylation sites is 1. The molecule has 0 saturated carbocycles. The molecule has 1 aromatic rings. The Morgan fingerprint density at radius 3 is 2.72 bits per heavy atom. The van der Waals surface area contributed by atoms with Crippen molar-refractivity contribution in [3.05, 3.63) is 39.9 Å². The van der Waals surface area contributed by atoms with E-state index in [0.717, 1.165) is 6.42 Å². The second-order valence-corrected chi connectivity index (χ2v) is 4.17. The Balaban J connectivity index is 2.87. The Bertz CT molecular complexity index is 454. The monoisotopic (exact) mass is 247 g/mol. The minimum Gasteiger partial charge on any atom is -0.306 e. The largest absolute Gasteiger partial charge is 0.306 e. The average molecular weight is 247 g/mol. The maximum atomic E-state index is 10.9. The molecule has 1 aromatic carbocycles. The summed E-state index contributed by atoms with van der Waals surface area (Å²) in [5, 5.41) is 22.9. The first-order valence-electron chi connectivity index (χ1n) is 5.96. The van der Waals surface area contributed by atoms with Gasteiger partial charge in [0.05, 0.1) is 17.4 Å². The molecule has 0 amide bonds. The van der Waals surface area contributed by atoms with E-state index in [1.165, 1.54) is 6.07 Å². The summed E-state index contributed by atoms with van der Waals surface area (Å²) in [5.74, 6) is 0. The molecule has 0 aliphatic rings. The van der Waals surface area contributed by atoms with E-state index in [-0.39, 0.29) is 22.7 Å². The molecular weight excluding hydrogens is 230 g/mol. The number of hydrogen-bond donors (Lipinski definition) is 1. The van der Waals surface area contributed by atoms with E-state index >= 15 is 0 Å². The molecule has 0 aliphatic carbocycles. The van der Waals surface area contributed by atoms with Crippen molar-refractivity contribution in [2.45, 2.75) is 38.8 Å². The fraction of sp³-hybridized carbons (Fsp3) is 0.462. The maximum absolute atomic E-state index is 10.9. The summed E-state index contributed by atoms with van der Waals surface area (Å²) in [6, 6.07) is 8.71. The van der Waals surface area contributed by atoms with Crippen molar-refractivity contribution in [2.24, 2.45) is 0 Å². The van der Waals surface area contributed by atoms with Crippen molar-refractivity contribution in [1.82, 2.24) is 5.32 Å². The van der Waals surface area contributed by atoms with Crippen molar-refractivity contribution < 1.29 is 4.92 Å². The summed E-state index contributed by atoms with van der Waals surface area (Å²) in [4.78, 5) is 10.6. The Kier molecular flexibility index (Phi) is 5.28. The van der Waals surface area contributed by atoms with Crippen molar-refractivity contribution in [2.75, 3.05) is 0 Å². The Labute approximate surface area is 107 Å². The van der Waals surface area contributed by atoms with Crippen LogP contribution in [0.2, 0.25) is 0 Å². The number of nitro benzene ring substituents is 1. The number of nitrogens with zero attached hydrogens (tertiary/aromatic N) is 2. The average Bonchev–Trinajstić information content (AvgIpc) is 2.38. The van der Waals surface area contributed by atoms with E-state index in [0.29, 0.717) is 12.0 Å². The van der Waals surface area contributed by atoms with Crippen LogP contribution in [0.3, 0.4) is 0 Å². The van der Waals surface area contributed by atoms with Gasteiger partial charge >= 0.3 is 0 Å². The zero-order valence-corrected chi connectivity index (χ0v) is 10.6. The minimum atomic E-state index is -0.376. The van der Waals surface area contributed by atoms with Gasteiger partial charge in [-0.15, -0.1) is 0 Å². The van der Waals surface area contributed by atoms with Crippen LogP contribution in [-0.4, -0.2) is 11.0 Å². The van der Waals surface area contributed by atoms with Gasteiger partial charge in [0.2, 0.25) is 0 Å². The third-order valence-corrected chi connectivity index (χ3v) is 2.92. The van der Waals surface area contributed by atoms with Crippen molar-refractivity contribution >= 4 is 5.69 Å². The van der Waals surface area contributed by atoms with Crippen molar-refractivity contribution in [3.8, 4) is 6.07 Å². The zero-order chi connectivity index (χ0) is 13.5. The highest BCUT2D eigenvalue weighted by atomic mass is 16.6. The summed E-state index contributed by atoms with van der Waals surface area (Å²) in [7, 11) is 0. The van der Waals surface area contributed by atoms with Gasteiger partial charge in [0.15, 0.2) is 0 Å². The van der Waals surface area contributed by atoms with Gasteiger partial charge in [-0.3, -0.25) is 10.1 Å². The van der Waals surface area contributed by atoms with Crippen LogP contribution >= 0.6 is 0 Å². The number of nitro groups is 1. The normalized spacial score (nSPS) is 13.6. The van der Waals surface area contributed by atoms with Gasteiger partial charge in [0, 0.05) is 23.7 Å². The molecule has 0 fully saturated rings. The lowest BCUT2D eigenvalue weighted by molar-refractivity contribution is -0.385. The maximum Gasteiger partial charge on any atom is 0.274 e. The fourth-order valence-electron chi connectivity index (χ4n) is 1.89. The highest BCUT2D eigenvalue weighted by Crippen LogP contribution is 2.25. The zero-order valence-electron chi connectivity index (χ0n) is 10.6. The second kappa shape index (κ2) is 6.72. The molecule has 2 atom stereocenters. The Morgan fingerprint density at radius 2 is 2.17 bits per heavy atom. The van der Waals surface area contributed by atoms with Crippen LogP contribution < -0.4 is 5.32 Å². The third-order valence-electron chi connectivity index (χ3n) is 2.92. The van der Waals surface area contributed by atoms with Crippen LogP contribution in [0.25, 0.3) is 0 Å². The molecule has 1 rings (SSSR count). The van der Waals surface area contributed by atoms with Crippen LogP contribution in [0.4, 0.5) is 5.69 Å². The standard InChI is InChI=1S/C13H17N3O2/c1-3-11(8-9-14)15-10(2)12-6-4-5-7-13(12)16(17)18/h4-7,10-11,15H,3,8H2,1-2H3. The summed E-state index contributed by atoms with van der Waals surface area (Å²) in [6.45, 7) is 3.86. The van der Waals surface area contributed by atoms with E-state index in [9.17, 15) is 10.1 Å². The molecule has 1 N–H and O–H groups in total. The van der Waals surface area contributed by atoms with Crippen molar-refractivity contribution in [3.63, 3.8) is 0 Å². The molecule has 0 aliphatic heterocycles. The second-order valence-electron chi connectivity index (χ2n) is 4.17. The highest BCUT2D eigenvalue weighted by Gasteiger charge is 2.19. The molecular formula is C13H17N3O2. The lowest BCUT2D eigenvalue weighted by Gasteiger charge is -2.20. The molecule has 0 bridgehead atoms. The smallest absolute Gasteiger partial charge is 0.274 e. The van der Waals surface area contributed by atoms with Gasteiger partial charge < -0.3 is 5.32 Å². The number of benzene rings is 1. The number of nitriles is 1. The van der Waals surface area contributed by atoms with Crippen LogP contribution in [0, 0.1) is 21.4 Å². The Hall–Kier alpha value is -1.93. The first-order chi connectivity index (χ1) is 8.60. The van der Waals surface area contributed by atoms with E-state index in [1.807, 2.05) is 13.8 Å². The van der Waals surface area contributed by atoms with Crippen LogP contribution in [0.15, 0.2) is 24.3 Å². The first kappa shape index (κ1) is 14.1. The molecule has 0 radical (unpaired) electrons. The number of rotatable bonds is 6. The van der Waals surface area contributed by atoms with E-state index < -0.39 is 0 Å². The van der Waals surface area contributed by atoms with Gasteiger partial charge in [-0.2, -0.15) is 5.26 Å². The molecule has 18 heavy (non-hydrogen) atoms. The molecule has 0 heterocycles. The van der Waals surface area contributed by atoms with Crippen LogP contribution in [0.5, 0.6) is 0 Å². The summed E-state index contributed by atoms with van der Waals surface area (Å²) in [5.41, 5.74) is 0.767. The van der Waals surface area contributed by atoms with Gasteiger partial charge in [0.25, 0.3) is 5.69 Å². The first-order valence-corrected chi connectivity index (χ1v) is 5.96. The van der Waals surface area contributed by atoms with Gasteiger partial charge in [-0.25, -0.2) is 0 Å². The third kappa shape index (κ3) is 3.54. The van der Waals surface area contributed by atoms with E-state index in [1.54, 1.807) is 18.2 Å². The molecule has 5 nitrogen and oxygen atoms in total. The molecule has 0 spiro atoms. The summed E-state index contributed by atoms with van der Waals surface area (Å²) < 4.78 is 0. The molecule has 5 heteroatoms. The summed E-state index contributed by atoms with van der Waals surface area (Å²) >= 11 is 0. The lowest BCUT2D eigenvalue weighted by Crippen LogP contribution is -2.31. The molecule has 2 unspecified atom stereocenters. The van der Waals surface area contributed by atoms with Crippen LogP contribution in [-0.2, 0) is 0 Å². The topological polar surface area (TPSA) is 79.0 Å². The SMILES string of the molecule is CCC(CC#N)NC(C)c1ccccc1[N+](=O)[O-]. The number of nitrogens with one attached hydrogen (secondary N) is 1. The molecule has 0 aromatic heterocycles. The van der Waals surface area contributed by atoms with Gasteiger partial charge in [0.1, 0.15) is 0 Å². The van der Waals surface area contributed by atoms with Crippen LogP contribution in [0.1, 0.15) is 38.3 Å². The highest BCUT2D eigenvalue weighted by molar-refractivity contribution is 5.41. The van der Waals surface area contributed by atoms with E-state index in [2.05, 4.69) is 11.4 Å². The van der Waals surface area contributed by atoms with Gasteiger partial charge in [-0.05, 0) is 13.3 Å². The predicted octanol–water partition coefficient (Wildman–Crippen LogP) is 2.94. The lowest BCUT2D eigenvalue weighted by atomic mass is 10.0. The predicted molar refractivity (Wildman–Crippen MR) is 69.0 cm³/mol. The minimum absolute atomic E-state index is 0.0600. The summed E-state index contributed by atoms with van der Waals surface area (Å²) in [6.07, 6.45) is 1.22.